The molecule has 0 atom stereocenters. The summed E-state index contributed by atoms with van der Waals surface area (Å²) < 4.78 is 16.5. The highest BCUT2D eigenvalue weighted by atomic mass is 16.5. The molecule has 0 spiro atoms. The highest BCUT2D eigenvalue weighted by molar-refractivity contribution is 5.77. The molecule has 2 aromatic carbocycles. The van der Waals surface area contributed by atoms with Crippen molar-refractivity contribution in [2.24, 2.45) is 0 Å². The van der Waals surface area contributed by atoms with Crippen LogP contribution in [0.25, 0.3) is 0 Å². The van der Waals surface area contributed by atoms with Gasteiger partial charge in [0.05, 0.1) is 7.11 Å². The fourth-order valence-electron chi connectivity index (χ4n) is 2.96. The zero-order valence-corrected chi connectivity index (χ0v) is 15.7. The van der Waals surface area contributed by atoms with E-state index in [1.165, 1.54) is 0 Å². The SMILES string of the molecule is COc1cccc(OCC(=O)N2CCN(CCOc3ccccc3)CC2)c1. The summed E-state index contributed by atoms with van der Waals surface area (Å²) in [5, 5.41) is 0. The van der Waals surface area contributed by atoms with Gasteiger partial charge in [0, 0.05) is 38.8 Å². The van der Waals surface area contributed by atoms with Crippen LogP contribution in [0.3, 0.4) is 0 Å². The maximum absolute atomic E-state index is 12.4. The van der Waals surface area contributed by atoms with Gasteiger partial charge in [-0.2, -0.15) is 0 Å². The van der Waals surface area contributed by atoms with Crippen LogP contribution in [0.1, 0.15) is 0 Å². The second-order valence-electron chi connectivity index (χ2n) is 6.35. The van der Waals surface area contributed by atoms with Crippen molar-refractivity contribution in [2.45, 2.75) is 0 Å². The zero-order chi connectivity index (χ0) is 18.9. The Morgan fingerprint density at radius 2 is 1.59 bits per heavy atom. The van der Waals surface area contributed by atoms with Crippen molar-refractivity contribution in [3.8, 4) is 17.2 Å². The van der Waals surface area contributed by atoms with Crippen molar-refractivity contribution in [1.29, 1.82) is 0 Å². The molecule has 27 heavy (non-hydrogen) atoms. The second kappa shape index (κ2) is 9.83. The van der Waals surface area contributed by atoms with Crippen LogP contribution in [-0.4, -0.2) is 68.8 Å². The van der Waals surface area contributed by atoms with Gasteiger partial charge in [-0.05, 0) is 24.3 Å². The summed E-state index contributed by atoms with van der Waals surface area (Å²) in [6.45, 7) is 4.68. The third-order valence-corrected chi connectivity index (χ3v) is 4.55. The number of piperazine rings is 1. The third kappa shape index (κ3) is 5.89. The maximum Gasteiger partial charge on any atom is 0.260 e. The van der Waals surface area contributed by atoms with E-state index in [1.54, 1.807) is 13.2 Å². The van der Waals surface area contributed by atoms with Gasteiger partial charge in [0.15, 0.2) is 6.61 Å². The molecule has 1 amide bonds. The van der Waals surface area contributed by atoms with Crippen LogP contribution in [0.15, 0.2) is 54.6 Å². The van der Waals surface area contributed by atoms with Gasteiger partial charge in [-0.25, -0.2) is 0 Å². The fourth-order valence-corrected chi connectivity index (χ4v) is 2.96. The summed E-state index contributed by atoms with van der Waals surface area (Å²) >= 11 is 0. The highest BCUT2D eigenvalue weighted by Gasteiger charge is 2.21. The molecule has 6 heteroatoms. The Balaban J connectivity index is 1.35. The van der Waals surface area contributed by atoms with Crippen molar-refractivity contribution in [2.75, 3.05) is 53.0 Å². The largest absolute Gasteiger partial charge is 0.497 e. The summed E-state index contributed by atoms with van der Waals surface area (Å²) in [5.41, 5.74) is 0. The van der Waals surface area contributed by atoms with Crippen molar-refractivity contribution in [3.05, 3.63) is 54.6 Å². The minimum Gasteiger partial charge on any atom is -0.497 e. The fraction of sp³-hybridized carbons (Fsp3) is 0.381. The molecule has 1 saturated heterocycles. The van der Waals surface area contributed by atoms with Gasteiger partial charge in [-0.3, -0.25) is 9.69 Å². The van der Waals surface area contributed by atoms with Gasteiger partial charge in [0.2, 0.25) is 0 Å². The number of nitrogens with zero attached hydrogens (tertiary/aromatic N) is 2. The molecule has 0 saturated carbocycles. The van der Waals surface area contributed by atoms with Crippen LogP contribution in [0, 0.1) is 0 Å². The van der Waals surface area contributed by atoms with E-state index < -0.39 is 0 Å². The Morgan fingerprint density at radius 1 is 0.889 bits per heavy atom. The van der Waals surface area contributed by atoms with E-state index in [9.17, 15) is 4.79 Å². The topological polar surface area (TPSA) is 51.2 Å². The van der Waals surface area contributed by atoms with Gasteiger partial charge in [-0.1, -0.05) is 24.3 Å². The molecule has 0 unspecified atom stereocenters. The molecule has 0 aliphatic carbocycles. The van der Waals surface area contributed by atoms with Crippen LogP contribution in [0.2, 0.25) is 0 Å². The summed E-state index contributed by atoms with van der Waals surface area (Å²) in [7, 11) is 1.61. The van der Waals surface area contributed by atoms with E-state index in [2.05, 4.69) is 4.90 Å². The first-order valence-corrected chi connectivity index (χ1v) is 9.19. The number of ether oxygens (including phenoxy) is 3. The number of carbonyl (C=O) groups excluding carboxylic acids is 1. The van der Waals surface area contributed by atoms with Gasteiger partial charge in [0.1, 0.15) is 23.9 Å². The number of hydrogen-bond acceptors (Lipinski definition) is 5. The number of amides is 1. The molecule has 1 fully saturated rings. The molecule has 3 rings (SSSR count). The standard InChI is InChI=1S/C21H26N2O4/c1-25-19-8-5-9-20(16-19)27-17-21(24)23-12-10-22(11-13-23)14-15-26-18-6-3-2-4-7-18/h2-9,16H,10-15,17H2,1H3. The van der Waals surface area contributed by atoms with E-state index >= 15 is 0 Å². The van der Waals surface area contributed by atoms with Gasteiger partial charge < -0.3 is 19.1 Å². The molecule has 144 valence electrons. The lowest BCUT2D eigenvalue weighted by molar-refractivity contribution is -0.135. The summed E-state index contributed by atoms with van der Waals surface area (Å²) in [6.07, 6.45) is 0. The average molecular weight is 370 g/mol. The molecule has 6 nitrogen and oxygen atoms in total. The lowest BCUT2D eigenvalue weighted by atomic mass is 10.3. The zero-order valence-electron chi connectivity index (χ0n) is 15.7. The van der Waals surface area contributed by atoms with E-state index in [-0.39, 0.29) is 12.5 Å². The van der Waals surface area contributed by atoms with Gasteiger partial charge >= 0.3 is 0 Å². The van der Waals surface area contributed by atoms with Crippen LogP contribution in [0.4, 0.5) is 0 Å². The number of rotatable bonds is 8. The smallest absolute Gasteiger partial charge is 0.260 e. The Bertz CT molecular complexity index is 715. The highest BCUT2D eigenvalue weighted by Crippen LogP contribution is 2.19. The summed E-state index contributed by atoms with van der Waals surface area (Å²) in [6, 6.07) is 17.1. The Morgan fingerprint density at radius 3 is 2.33 bits per heavy atom. The van der Waals surface area contributed by atoms with Crippen molar-refractivity contribution < 1.29 is 19.0 Å². The van der Waals surface area contributed by atoms with E-state index in [0.29, 0.717) is 31.2 Å². The molecular weight excluding hydrogens is 344 g/mol. The molecule has 0 radical (unpaired) electrons. The van der Waals surface area contributed by atoms with Crippen LogP contribution in [0.5, 0.6) is 17.2 Å². The van der Waals surface area contributed by atoms with Crippen molar-refractivity contribution >= 4 is 5.91 Å². The third-order valence-electron chi connectivity index (χ3n) is 4.55. The predicted molar refractivity (Wildman–Crippen MR) is 103 cm³/mol. The number of methoxy groups -OCH3 is 1. The minimum absolute atomic E-state index is 0.0120. The van der Waals surface area contributed by atoms with Crippen LogP contribution >= 0.6 is 0 Å². The molecule has 0 bridgehead atoms. The number of para-hydroxylation sites is 1. The van der Waals surface area contributed by atoms with Gasteiger partial charge in [-0.15, -0.1) is 0 Å². The predicted octanol–water partition coefficient (Wildman–Crippen LogP) is 2.30. The normalized spacial score (nSPS) is 14.6. The molecule has 1 aliphatic rings. The van der Waals surface area contributed by atoms with Crippen LogP contribution in [-0.2, 0) is 4.79 Å². The van der Waals surface area contributed by atoms with Crippen molar-refractivity contribution in [1.82, 2.24) is 9.80 Å². The summed E-state index contributed by atoms with van der Waals surface area (Å²) in [4.78, 5) is 16.5. The van der Waals surface area contributed by atoms with E-state index in [1.807, 2.05) is 53.4 Å². The summed E-state index contributed by atoms with van der Waals surface area (Å²) in [5.74, 6) is 2.25. The van der Waals surface area contributed by atoms with Gasteiger partial charge in [0.25, 0.3) is 5.91 Å². The van der Waals surface area contributed by atoms with E-state index in [4.69, 9.17) is 14.2 Å². The lowest BCUT2D eigenvalue weighted by Crippen LogP contribution is -2.50. The molecule has 1 aliphatic heterocycles. The molecule has 0 N–H and O–H groups in total. The molecule has 1 heterocycles. The first kappa shape index (κ1) is 19.0. The molecule has 2 aromatic rings. The first-order chi connectivity index (χ1) is 13.2. The maximum atomic E-state index is 12.4. The Labute approximate surface area is 160 Å². The second-order valence-corrected chi connectivity index (χ2v) is 6.35. The quantitative estimate of drug-likeness (QED) is 0.714. The Kier molecular flexibility index (Phi) is 6.93. The Hall–Kier alpha value is -2.73. The monoisotopic (exact) mass is 370 g/mol. The number of carbonyl (C=O) groups is 1. The van der Waals surface area contributed by atoms with E-state index in [0.717, 1.165) is 25.4 Å². The number of hydrogen-bond donors (Lipinski definition) is 0. The lowest BCUT2D eigenvalue weighted by Gasteiger charge is -2.34. The van der Waals surface area contributed by atoms with Crippen molar-refractivity contribution in [3.63, 3.8) is 0 Å². The average Bonchev–Trinajstić information content (AvgIpc) is 2.73. The molecular formula is C21H26N2O4. The van der Waals surface area contributed by atoms with Crippen LogP contribution < -0.4 is 14.2 Å². The minimum atomic E-state index is 0.0120. The molecule has 0 aromatic heterocycles. The first-order valence-electron chi connectivity index (χ1n) is 9.19. The number of benzene rings is 2.